The van der Waals surface area contributed by atoms with Crippen molar-refractivity contribution in [3.63, 3.8) is 0 Å². The number of nitrogens with zero attached hydrogens (tertiary/aromatic N) is 3. The molecule has 0 fully saturated rings. The van der Waals surface area contributed by atoms with E-state index in [0.29, 0.717) is 26.2 Å². The van der Waals surface area contributed by atoms with Crippen LogP contribution in [0.2, 0.25) is 0 Å². The van der Waals surface area contributed by atoms with Crippen molar-refractivity contribution in [1.29, 1.82) is 0 Å². The summed E-state index contributed by atoms with van der Waals surface area (Å²) in [7, 11) is 2.03. The van der Waals surface area contributed by atoms with Gasteiger partial charge in [0.2, 0.25) is 5.88 Å². The van der Waals surface area contributed by atoms with E-state index in [1.54, 1.807) is 0 Å². The third kappa shape index (κ3) is 7.16. The molecule has 0 saturated carbocycles. The Morgan fingerprint density at radius 1 is 1.00 bits per heavy atom. The van der Waals surface area contributed by atoms with Gasteiger partial charge in [0.15, 0.2) is 0 Å². The first-order valence-corrected chi connectivity index (χ1v) is 12.1. The van der Waals surface area contributed by atoms with Crippen molar-refractivity contribution in [1.82, 2.24) is 10.1 Å². The van der Waals surface area contributed by atoms with Crippen LogP contribution in [0.15, 0.2) is 59.1 Å². The molecule has 1 N–H and O–H groups in total. The highest BCUT2D eigenvalue weighted by molar-refractivity contribution is 5.68. The number of aliphatic hydroxyl groups excluding tert-OH is 1. The maximum Gasteiger partial charge on any atom is 0.232 e. The third-order valence-corrected chi connectivity index (χ3v) is 5.87. The maximum absolute atomic E-state index is 10.8. The topological polar surface area (TPSA) is 62.0 Å². The molecule has 0 bridgehead atoms. The van der Waals surface area contributed by atoms with E-state index < -0.39 is 6.10 Å². The monoisotopic (exact) mass is 465 g/mol. The second-order valence-electron chi connectivity index (χ2n) is 9.58. The van der Waals surface area contributed by atoms with Crippen molar-refractivity contribution in [2.45, 2.75) is 66.0 Å². The molecule has 2 aromatic carbocycles. The van der Waals surface area contributed by atoms with E-state index in [9.17, 15) is 5.11 Å². The first-order chi connectivity index (χ1) is 16.2. The van der Waals surface area contributed by atoms with Crippen LogP contribution in [0.5, 0.6) is 0 Å². The Kier molecular flexibility index (Phi) is 9.28. The molecular weight excluding hydrogens is 426 g/mol. The van der Waals surface area contributed by atoms with Gasteiger partial charge in [-0.15, -0.1) is 0 Å². The fourth-order valence-electron chi connectivity index (χ4n) is 3.91. The van der Waals surface area contributed by atoms with Crippen molar-refractivity contribution in [2.24, 2.45) is 0 Å². The standard InChI is InChI=1S/C28H39N3O3/c1-20(2)30(6)28-26(27(29-34-28)24-13-8-7-9-14-24)18-31(17-25(32)19-33-21(3)4)16-23-12-10-11-22(5)15-23/h7-15,20-21,25,32H,16-19H2,1-6H3. The van der Waals surface area contributed by atoms with Gasteiger partial charge in [-0.3, -0.25) is 4.90 Å². The molecule has 6 nitrogen and oxygen atoms in total. The minimum absolute atomic E-state index is 0.0777. The van der Waals surface area contributed by atoms with Gasteiger partial charge in [-0.25, -0.2) is 0 Å². The smallest absolute Gasteiger partial charge is 0.232 e. The lowest BCUT2D eigenvalue weighted by molar-refractivity contribution is -0.0106. The van der Waals surface area contributed by atoms with Crippen molar-refractivity contribution >= 4 is 5.88 Å². The normalized spacial score (nSPS) is 12.6. The Morgan fingerprint density at radius 2 is 1.74 bits per heavy atom. The van der Waals surface area contributed by atoms with Gasteiger partial charge in [-0.2, -0.15) is 0 Å². The number of aryl methyl sites for hydroxylation is 1. The number of hydrogen-bond acceptors (Lipinski definition) is 6. The molecule has 0 spiro atoms. The molecule has 6 heteroatoms. The predicted octanol–water partition coefficient (Wildman–Crippen LogP) is 5.28. The number of aromatic nitrogens is 1. The van der Waals surface area contributed by atoms with Crippen molar-refractivity contribution in [3.8, 4) is 11.3 Å². The lowest BCUT2D eigenvalue weighted by atomic mass is 10.1. The maximum atomic E-state index is 10.8. The predicted molar refractivity (Wildman–Crippen MR) is 138 cm³/mol. The first kappa shape index (κ1) is 25.9. The van der Waals surface area contributed by atoms with Gasteiger partial charge in [0.05, 0.1) is 24.4 Å². The summed E-state index contributed by atoms with van der Waals surface area (Å²) in [5, 5.41) is 15.2. The summed E-state index contributed by atoms with van der Waals surface area (Å²) < 4.78 is 11.6. The Labute approximate surface area is 204 Å². The number of benzene rings is 2. The summed E-state index contributed by atoms with van der Waals surface area (Å²) in [5.74, 6) is 0.760. The van der Waals surface area contributed by atoms with E-state index in [1.165, 1.54) is 11.1 Å². The van der Waals surface area contributed by atoms with Gasteiger partial charge in [-0.1, -0.05) is 65.3 Å². The number of hydrogen-bond donors (Lipinski definition) is 1. The Morgan fingerprint density at radius 3 is 2.38 bits per heavy atom. The lowest BCUT2D eigenvalue weighted by Gasteiger charge is -2.27. The van der Waals surface area contributed by atoms with Crippen molar-refractivity contribution in [3.05, 3.63) is 71.3 Å². The summed E-state index contributed by atoms with van der Waals surface area (Å²) in [6, 6.07) is 18.9. The highest BCUT2D eigenvalue weighted by atomic mass is 16.5. The largest absolute Gasteiger partial charge is 0.389 e. The van der Waals surface area contributed by atoms with Crippen LogP contribution in [0, 0.1) is 6.92 Å². The van der Waals surface area contributed by atoms with E-state index in [0.717, 1.165) is 22.7 Å². The van der Waals surface area contributed by atoms with Crippen molar-refractivity contribution < 1.29 is 14.4 Å². The molecule has 0 aliphatic rings. The summed E-state index contributed by atoms with van der Waals surface area (Å²) >= 11 is 0. The van der Waals surface area contributed by atoms with Crippen LogP contribution in [-0.2, 0) is 17.8 Å². The van der Waals surface area contributed by atoms with E-state index >= 15 is 0 Å². The molecule has 0 radical (unpaired) electrons. The van der Waals surface area contributed by atoms with Crippen LogP contribution in [0.3, 0.4) is 0 Å². The molecule has 34 heavy (non-hydrogen) atoms. The molecule has 0 saturated heterocycles. The molecule has 1 atom stereocenters. The third-order valence-electron chi connectivity index (χ3n) is 5.87. The SMILES string of the molecule is Cc1cccc(CN(Cc2c(-c3ccccc3)noc2N(C)C(C)C)CC(O)COC(C)C)c1. The summed E-state index contributed by atoms with van der Waals surface area (Å²) in [6.45, 7) is 12.4. The van der Waals surface area contributed by atoms with Crippen LogP contribution >= 0.6 is 0 Å². The van der Waals surface area contributed by atoms with Gasteiger partial charge in [0, 0.05) is 38.3 Å². The number of rotatable bonds is 12. The van der Waals surface area contributed by atoms with Gasteiger partial charge in [0.1, 0.15) is 5.69 Å². The Balaban J connectivity index is 1.95. The summed E-state index contributed by atoms with van der Waals surface area (Å²) in [6.07, 6.45) is -0.521. The minimum atomic E-state index is -0.599. The lowest BCUT2D eigenvalue weighted by Crippen LogP contribution is -2.35. The second-order valence-corrected chi connectivity index (χ2v) is 9.58. The zero-order chi connectivity index (χ0) is 24.7. The molecule has 1 unspecified atom stereocenters. The highest BCUT2D eigenvalue weighted by Gasteiger charge is 2.25. The second kappa shape index (κ2) is 12.2. The van der Waals surface area contributed by atoms with Gasteiger partial charge < -0.3 is 19.3 Å². The van der Waals surface area contributed by atoms with Gasteiger partial charge in [-0.05, 0) is 40.2 Å². The zero-order valence-electron chi connectivity index (χ0n) is 21.4. The molecule has 3 aromatic rings. The van der Waals surface area contributed by atoms with E-state index in [4.69, 9.17) is 9.26 Å². The fraction of sp³-hybridized carbons (Fsp3) is 0.464. The molecule has 0 aliphatic heterocycles. The van der Waals surface area contributed by atoms with E-state index in [2.05, 4.69) is 72.1 Å². The fourth-order valence-corrected chi connectivity index (χ4v) is 3.91. The van der Waals surface area contributed by atoms with Crippen LogP contribution in [0.4, 0.5) is 5.88 Å². The molecule has 1 heterocycles. The summed E-state index contributed by atoms with van der Waals surface area (Å²) in [4.78, 5) is 4.36. The molecule has 3 rings (SSSR count). The number of aliphatic hydroxyl groups is 1. The Hall–Kier alpha value is -2.67. The molecule has 184 valence electrons. The number of anilines is 1. The Bertz CT molecular complexity index is 1020. The van der Waals surface area contributed by atoms with Crippen LogP contribution in [0.1, 0.15) is 44.4 Å². The average Bonchev–Trinajstić information content (AvgIpc) is 3.21. The minimum Gasteiger partial charge on any atom is -0.389 e. The van der Waals surface area contributed by atoms with Crippen LogP contribution in [0.25, 0.3) is 11.3 Å². The number of ether oxygens (including phenoxy) is 1. The van der Waals surface area contributed by atoms with Crippen LogP contribution < -0.4 is 4.90 Å². The first-order valence-electron chi connectivity index (χ1n) is 12.1. The van der Waals surface area contributed by atoms with E-state index in [1.807, 2.05) is 39.1 Å². The van der Waals surface area contributed by atoms with Gasteiger partial charge in [0.25, 0.3) is 0 Å². The molecular formula is C28H39N3O3. The summed E-state index contributed by atoms with van der Waals surface area (Å²) in [5.41, 5.74) is 5.30. The molecule has 0 amide bonds. The highest BCUT2D eigenvalue weighted by Crippen LogP contribution is 2.33. The molecule has 0 aliphatic carbocycles. The van der Waals surface area contributed by atoms with Crippen LogP contribution in [-0.4, -0.2) is 53.6 Å². The average molecular weight is 466 g/mol. The zero-order valence-corrected chi connectivity index (χ0v) is 21.4. The quantitative estimate of drug-likeness (QED) is 0.393. The van der Waals surface area contributed by atoms with E-state index in [-0.39, 0.29) is 12.1 Å². The van der Waals surface area contributed by atoms with Crippen molar-refractivity contribution in [2.75, 3.05) is 25.1 Å². The molecule has 1 aromatic heterocycles. The van der Waals surface area contributed by atoms with Gasteiger partial charge >= 0.3 is 0 Å².